The molecule has 1 heterocycles. The van der Waals surface area contributed by atoms with Crippen molar-refractivity contribution in [1.82, 2.24) is 14.9 Å². The molecule has 0 spiro atoms. The summed E-state index contributed by atoms with van der Waals surface area (Å²) in [6.07, 6.45) is -0.495. The van der Waals surface area contributed by atoms with Gasteiger partial charge in [-0.05, 0) is 27.7 Å². The Morgan fingerprint density at radius 2 is 2.00 bits per heavy atom. The van der Waals surface area contributed by atoms with E-state index in [0.29, 0.717) is 24.6 Å². The highest BCUT2D eigenvalue weighted by Crippen LogP contribution is 2.17. The minimum absolute atomic E-state index is 0.159. The highest BCUT2D eigenvalue weighted by atomic mass is 35.5. The number of amides is 1. The molecule has 0 aromatic carbocycles. The number of hydrogen-bond acceptors (Lipinski definition) is 4. The first-order chi connectivity index (χ1) is 9.11. The van der Waals surface area contributed by atoms with Gasteiger partial charge in [0.2, 0.25) is 0 Å². The summed E-state index contributed by atoms with van der Waals surface area (Å²) in [5, 5.41) is 2.81. The Hall–Kier alpha value is -1.56. The number of ketones is 1. The fourth-order valence-electron chi connectivity index (χ4n) is 1.72. The van der Waals surface area contributed by atoms with Gasteiger partial charge in [-0.15, -0.1) is 0 Å². The van der Waals surface area contributed by atoms with Crippen LogP contribution < -0.4 is 5.32 Å². The molecular formula is C13H20ClN3O3. The third-order valence-corrected chi connectivity index (χ3v) is 2.72. The van der Waals surface area contributed by atoms with Crippen molar-refractivity contribution in [2.24, 2.45) is 0 Å². The van der Waals surface area contributed by atoms with Gasteiger partial charge in [-0.25, -0.2) is 9.78 Å². The van der Waals surface area contributed by atoms with E-state index >= 15 is 0 Å². The standard InChI is InChI=1S/C13H20ClN3O3/c1-8(18)10-11(14)16-9(2)17(10)7-6-15-12(19)20-13(3,4)5/h6-7H2,1-5H3,(H,15,19). The quantitative estimate of drug-likeness (QED) is 0.868. The number of nitrogens with one attached hydrogen (secondary N) is 1. The van der Waals surface area contributed by atoms with Crippen molar-refractivity contribution in [3.05, 3.63) is 16.7 Å². The molecule has 6 nitrogen and oxygen atoms in total. The lowest BCUT2D eigenvalue weighted by atomic mass is 10.2. The minimum Gasteiger partial charge on any atom is -0.444 e. The lowest BCUT2D eigenvalue weighted by Gasteiger charge is -2.19. The van der Waals surface area contributed by atoms with Crippen LogP contribution in [0.4, 0.5) is 4.79 Å². The van der Waals surface area contributed by atoms with Crippen LogP contribution in [0, 0.1) is 6.92 Å². The Labute approximate surface area is 123 Å². The van der Waals surface area contributed by atoms with Gasteiger partial charge < -0.3 is 14.6 Å². The van der Waals surface area contributed by atoms with Crippen LogP contribution in [0.25, 0.3) is 0 Å². The number of halogens is 1. The lowest BCUT2D eigenvalue weighted by Crippen LogP contribution is -2.34. The van der Waals surface area contributed by atoms with Crippen molar-refractivity contribution in [2.45, 2.75) is 46.8 Å². The predicted molar refractivity (Wildman–Crippen MR) is 76.2 cm³/mol. The molecule has 0 aliphatic rings. The van der Waals surface area contributed by atoms with Crippen LogP contribution >= 0.6 is 11.6 Å². The first kappa shape index (κ1) is 16.5. The molecule has 0 fully saturated rings. The van der Waals surface area contributed by atoms with E-state index in [1.807, 2.05) is 0 Å². The molecule has 0 bridgehead atoms. The molecule has 0 aliphatic heterocycles. The minimum atomic E-state index is -0.539. The van der Waals surface area contributed by atoms with Crippen LogP contribution in [0.3, 0.4) is 0 Å². The summed E-state index contributed by atoms with van der Waals surface area (Å²) in [5.41, 5.74) is -0.182. The van der Waals surface area contributed by atoms with E-state index in [9.17, 15) is 9.59 Å². The van der Waals surface area contributed by atoms with Gasteiger partial charge in [0.1, 0.15) is 17.1 Å². The van der Waals surface area contributed by atoms with Gasteiger partial charge >= 0.3 is 6.09 Å². The maximum atomic E-state index is 11.5. The second-order valence-corrected chi connectivity index (χ2v) is 5.79. The fraction of sp³-hybridized carbons (Fsp3) is 0.615. The summed E-state index contributed by atoms with van der Waals surface area (Å²) in [5.74, 6) is 0.471. The number of alkyl carbamates (subject to hydrolysis) is 1. The molecule has 112 valence electrons. The van der Waals surface area contributed by atoms with Gasteiger partial charge in [0.15, 0.2) is 10.9 Å². The predicted octanol–water partition coefficient (Wildman–Crippen LogP) is 2.57. The van der Waals surface area contributed by atoms with Gasteiger partial charge in [0.05, 0.1) is 0 Å². The zero-order valence-electron chi connectivity index (χ0n) is 12.4. The molecule has 0 aliphatic carbocycles. The number of Topliss-reactive ketones (excluding diaryl/α,β-unsaturated/α-hetero) is 1. The van der Waals surface area contributed by atoms with E-state index in [0.717, 1.165) is 0 Å². The van der Waals surface area contributed by atoms with Crippen molar-refractivity contribution in [3.63, 3.8) is 0 Å². The molecule has 1 amide bonds. The van der Waals surface area contributed by atoms with Crippen LogP contribution in [0.1, 0.15) is 44.0 Å². The summed E-state index contributed by atoms with van der Waals surface area (Å²) in [7, 11) is 0. The van der Waals surface area contributed by atoms with Crippen molar-refractivity contribution in [1.29, 1.82) is 0 Å². The SMILES string of the molecule is CC(=O)c1c(Cl)nc(C)n1CCNC(=O)OC(C)(C)C. The molecule has 1 rings (SSSR count). The molecule has 7 heteroatoms. The third-order valence-electron chi connectivity index (χ3n) is 2.45. The number of aromatic nitrogens is 2. The Balaban J connectivity index is 2.63. The van der Waals surface area contributed by atoms with Crippen molar-refractivity contribution in [3.8, 4) is 0 Å². The zero-order chi connectivity index (χ0) is 15.5. The molecule has 1 N–H and O–H groups in total. The lowest BCUT2D eigenvalue weighted by molar-refractivity contribution is 0.0526. The largest absolute Gasteiger partial charge is 0.444 e. The summed E-state index contributed by atoms with van der Waals surface area (Å²) < 4.78 is 6.80. The monoisotopic (exact) mass is 301 g/mol. The van der Waals surface area contributed by atoms with Crippen LogP contribution in [-0.4, -0.2) is 33.6 Å². The Morgan fingerprint density at radius 1 is 1.40 bits per heavy atom. The molecule has 0 saturated carbocycles. The van der Waals surface area contributed by atoms with Gasteiger partial charge in [-0.2, -0.15) is 0 Å². The number of aryl methyl sites for hydroxylation is 1. The number of hydrogen-bond donors (Lipinski definition) is 1. The fourth-order valence-corrected chi connectivity index (χ4v) is 2.08. The summed E-state index contributed by atoms with van der Waals surface area (Å²) in [6, 6.07) is 0. The van der Waals surface area contributed by atoms with E-state index in [-0.39, 0.29) is 10.9 Å². The third kappa shape index (κ3) is 4.52. The van der Waals surface area contributed by atoms with Gasteiger partial charge in [0, 0.05) is 20.0 Å². The number of rotatable bonds is 4. The van der Waals surface area contributed by atoms with Crippen LogP contribution in [0.5, 0.6) is 0 Å². The number of carbonyl (C=O) groups excluding carboxylic acids is 2. The molecule has 1 aromatic rings. The van der Waals surface area contributed by atoms with Crippen LogP contribution in [0.2, 0.25) is 5.15 Å². The average Bonchev–Trinajstić information content (AvgIpc) is 2.51. The van der Waals surface area contributed by atoms with Crippen molar-refractivity contribution in [2.75, 3.05) is 6.54 Å². The maximum absolute atomic E-state index is 11.5. The zero-order valence-corrected chi connectivity index (χ0v) is 13.2. The van der Waals surface area contributed by atoms with E-state index in [1.165, 1.54) is 6.92 Å². The summed E-state index contributed by atoms with van der Waals surface area (Å²) >= 11 is 5.91. The highest BCUT2D eigenvalue weighted by molar-refractivity contribution is 6.32. The molecular weight excluding hydrogens is 282 g/mol. The molecule has 0 radical (unpaired) electrons. The van der Waals surface area contributed by atoms with Gasteiger partial charge in [0.25, 0.3) is 0 Å². The molecule has 0 saturated heterocycles. The Morgan fingerprint density at radius 3 is 2.50 bits per heavy atom. The average molecular weight is 302 g/mol. The topological polar surface area (TPSA) is 73.2 Å². The highest BCUT2D eigenvalue weighted by Gasteiger charge is 2.18. The second-order valence-electron chi connectivity index (χ2n) is 5.43. The molecule has 1 aromatic heterocycles. The molecule has 0 unspecified atom stereocenters. The maximum Gasteiger partial charge on any atom is 0.407 e. The molecule has 0 atom stereocenters. The second kappa shape index (κ2) is 6.26. The summed E-state index contributed by atoms with van der Waals surface area (Å²) in [4.78, 5) is 27.1. The van der Waals surface area contributed by atoms with Crippen LogP contribution in [-0.2, 0) is 11.3 Å². The van der Waals surface area contributed by atoms with Crippen molar-refractivity contribution >= 4 is 23.5 Å². The normalized spacial score (nSPS) is 11.3. The van der Waals surface area contributed by atoms with Gasteiger partial charge in [-0.1, -0.05) is 11.6 Å². The summed E-state index contributed by atoms with van der Waals surface area (Å²) in [6.45, 7) is 9.29. The number of carbonyl (C=O) groups is 2. The Kier molecular flexibility index (Phi) is 5.16. The van der Waals surface area contributed by atoms with E-state index in [4.69, 9.17) is 16.3 Å². The molecule has 20 heavy (non-hydrogen) atoms. The number of ether oxygens (including phenoxy) is 1. The van der Waals surface area contributed by atoms with Gasteiger partial charge in [-0.3, -0.25) is 4.79 Å². The van der Waals surface area contributed by atoms with E-state index in [1.54, 1.807) is 32.3 Å². The first-order valence-electron chi connectivity index (χ1n) is 6.32. The van der Waals surface area contributed by atoms with E-state index < -0.39 is 11.7 Å². The van der Waals surface area contributed by atoms with Crippen molar-refractivity contribution < 1.29 is 14.3 Å². The smallest absolute Gasteiger partial charge is 0.407 e. The Bertz CT molecular complexity index is 518. The number of nitrogens with zero attached hydrogens (tertiary/aromatic N) is 2. The number of imidazole rings is 1. The van der Waals surface area contributed by atoms with E-state index in [2.05, 4.69) is 10.3 Å². The first-order valence-corrected chi connectivity index (χ1v) is 6.70. The van der Waals surface area contributed by atoms with Crippen LogP contribution in [0.15, 0.2) is 0 Å².